The van der Waals surface area contributed by atoms with Crippen molar-refractivity contribution in [2.24, 2.45) is 0 Å². The summed E-state index contributed by atoms with van der Waals surface area (Å²) in [7, 11) is 1.11. The molecule has 0 saturated carbocycles. The van der Waals surface area contributed by atoms with Gasteiger partial charge < -0.3 is 14.9 Å². The molecule has 0 rings (SSSR count). The van der Waals surface area contributed by atoms with Gasteiger partial charge in [0, 0.05) is 7.11 Å². The van der Waals surface area contributed by atoms with E-state index in [2.05, 4.69) is 4.74 Å². The Morgan fingerprint density at radius 2 is 2.00 bits per heavy atom. The first-order valence-corrected chi connectivity index (χ1v) is 2.08. The maximum atomic E-state index is 10.1. The molecule has 0 spiro atoms. The second-order valence-corrected chi connectivity index (χ2v) is 1.24. The van der Waals surface area contributed by atoms with Gasteiger partial charge in [-0.3, -0.25) is 0 Å². The average Bonchev–Trinajstić information content (AvgIpc) is 1.68. The average molecular weight is 104 g/mol. The summed E-state index contributed by atoms with van der Waals surface area (Å²) in [4.78, 5) is 0. The highest BCUT2D eigenvalue weighted by Crippen LogP contribution is 1.92. The lowest BCUT2D eigenvalue weighted by Gasteiger charge is -2.45. The van der Waals surface area contributed by atoms with E-state index in [4.69, 9.17) is 0 Å². The monoisotopic (exact) mass is 104 g/mol. The fourth-order valence-corrected chi connectivity index (χ4v) is 0.144. The molecule has 0 fully saturated rings. The van der Waals surface area contributed by atoms with Gasteiger partial charge in [0.15, 0.2) is 0 Å². The smallest absolute Gasteiger partial charge is 0.0325 e. The first-order chi connectivity index (χ1) is 3.12. The highest BCUT2D eigenvalue weighted by Gasteiger charge is 1.90. The van der Waals surface area contributed by atoms with Crippen molar-refractivity contribution in [2.75, 3.05) is 7.11 Å². The zero-order chi connectivity index (χ0) is 5.91. The molecule has 0 unspecified atom stereocenters. The molecule has 0 amide bonds. The van der Waals surface area contributed by atoms with Crippen LogP contribution in [0.25, 0.3) is 0 Å². The van der Waals surface area contributed by atoms with Crippen molar-refractivity contribution >= 4 is 0 Å². The largest absolute Gasteiger partial charge is 0.842 e. The van der Waals surface area contributed by atoms with Crippen LogP contribution in [0, 0.1) is 0 Å². The molecule has 0 N–H and O–H groups in total. The number of rotatable bonds is 2. The highest BCUT2D eigenvalue weighted by atomic mass is 16.8. The fraction of sp³-hybridized carbons (Fsp3) is 1.00. The molecule has 0 aliphatic heterocycles. The van der Waals surface area contributed by atoms with E-state index in [0.29, 0.717) is 0 Å². The van der Waals surface area contributed by atoms with Gasteiger partial charge in [-0.05, 0) is 0 Å². The van der Waals surface area contributed by atoms with Gasteiger partial charge in [-0.2, -0.15) is 0 Å². The van der Waals surface area contributed by atoms with E-state index in [1.807, 2.05) is 0 Å². The lowest BCUT2D eigenvalue weighted by Crippen LogP contribution is -2.56. The van der Waals surface area contributed by atoms with Crippen LogP contribution in [0.5, 0.6) is 0 Å². The van der Waals surface area contributed by atoms with Gasteiger partial charge in [0.2, 0.25) is 0 Å². The number of ether oxygens (including phenoxy) is 1. The van der Waals surface area contributed by atoms with Crippen molar-refractivity contribution in [1.82, 2.24) is 0 Å². The Bertz CT molecular complexity index is 44.9. The van der Waals surface area contributed by atoms with Crippen LogP contribution in [0.15, 0.2) is 0 Å². The molecule has 3 heteroatoms. The summed E-state index contributed by atoms with van der Waals surface area (Å²) >= 11 is 0. The van der Waals surface area contributed by atoms with E-state index in [0.717, 1.165) is 7.11 Å². The quantitative estimate of drug-likeness (QED) is 0.397. The van der Waals surface area contributed by atoms with Crippen LogP contribution in [0.3, 0.4) is 0 Å². The van der Waals surface area contributed by atoms with Crippen LogP contribution in [-0.4, -0.2) is 13.1 Å². The molecule has 0 aromatic carbocycles. The van der Waals surface area contributed by atoms with E-state index in [1.165, 1.54) is 6.92 Å². The molecule has 44 valence electrons. The molecule has 3 nitrogen and oxygen atoms in total. The first kappa shape index (κ1) is 6.88. The van der Waals surface area contributed by atoms with Gasteiger partial charge >= 0.3 is 0 Å². The van der Waals surface area contributed by atoms with E-state index in [9.17, 15) is 10.2 Å². The first-order valence-electron chi connectivity index (χ1n) is 2.08. The molecule has 0 atom stereocenters. The number of methoxy groups -OCH3 is 1. The molecular weight excluding hydrogens is 96.0 g/mol. The lowest BCUT2D eigenvalue weighted by molar-refractivity contribution is -0.783. The maximum absolute atomic E-state index is 10.1. The van der Waals surface area contributed by atoms with E-state index in [1.54, 1.807) is 0 Å². The third-order valence-electron chi connectivity index (χ3n) is 0.744. The molecule has 0 radical (unpaired) electrons. The summed E-state index contributed by atoms with van der Waals surface area (Å²) in [6, 6.07) is 0. The zero-order valence-corrected chi connectivity index (χ0v) is 4.43. The maximum Gasteiger partial charge on any atom is 0.0325 e. The van der Waals surface area contributed by atoms with Crippen LogP contribution in [0.1, 0.15) is 13.3 Å². The van der Waals surface area contributed by atoms with Crippen molar-refractivity contribution in [2.45, 2.75) is 19.3 Å². The summed E-state index contributed by atoms with van der Waals surface area (Å²) in [5, 5.41) is 20.1. The van der Waals surface area contributed by atoms with E-state index in [-0.39, 0.29) is 6.42 Å². The Hall–Kier alpha value is -0.120. The molecule has 0 aromatic rings. The molecule has 0 heterocycles. The summed E-state index contributed by atoms with van der Waals surface area (Å²) in [5.41, 5.74) is 0. The minimum atomic E-state index is -2.42. The minimum Gasteiger partial charge on any atom is -0.842 e. The Balaban J connectivity index is 3.36. The second-order valence-electron chi connectivity index (χ2n) is 1.24. The van der Waals surface area contributed by atoms with Gasteiger partial charge in [0.1, 0.15) is 0 Å². The molecule has 0 aliphatic rings. The standard InChI is InChI=1S/C4H8O3/c1-3-4(5,6)7-2/h3H2,1-2H3/q-2. The molecular formula is C4H8O3-2. The summed E-state index contributed by atoms with van der Waals surface area (Å²) < 4.78 is 3.98. The second kappa shape index (κ2) is 2.26. The van der Waals surface area contributed by atoms with Gasteiger partial charge in [-0.1, -0.05) is 19.3 Å². The van der Waals surface area contributed by atoms with E-state index < -0.39 is 5.97 Å². The Labute approximate surface area is 42.5 Å². The molecule has 0 aromatic heterocycles. The SMILES string of the molecule is CCC([O-])([O-])OC. The highest BCUT2D eigenvalue weighted by molar-refractivity contribution is 4.35. The predicted molar refractivity (Wildman–Crippen MR) is 20.0 cm³/mol. The lowest BCUT2D eigenvalue weighted by atomic mass is 10.4. The van der Waals surface area contributed by atoms with Crippen LogP contribution < -0.4 is 10.2 Å². The van der Waals surface area contributed by atoms with Gasteiger partial charge in [0.25, 0.3) is 0 Å². The zero-order valence-electron chi connectivity index (χ0n) is 4.43. The number of hydrogen-bond donors (Lipinski definition) is 0. The molecule has 7 heavy (non-hydrogen) atoms. The molecule has 0 aliphatic carbocycles. The van der Waals surface area contributed by atoms with Crippen LogP contribution in [0.2, 0.25) is 0 Å². The van der Waals surface area contributed by atoms with Crippen LogP contribution >= 0.6 is 0 Å². The van der Waals surface area contributed by atoms with Gasteiger partial charge in [0.05, 0.1) is 0 Å². The van der Waals surface area contributed by atoms with Crippen molar-refractivity contribution in [3.8, 4) is 0 Å². The van der Waals surface area contributed by atoms with E-state index >= 15 is 0 Å². The summed E-state index contributed by atoms with van der Waals surface area (Å²) in [6.45, 7) is 1.49. The van der Waals surface area contributed by atoms with Crippen molar-refractivity contribution in [1.29, 1.82) is 0 Å². The Morgan fingerprint density at radius 1 is 1.57 bits per heavy atom. The minimum absolute atomic E-state index is 0.0382. The Morgan fingerprint density at radius 3 is 2.00 bits per heavy atom. The van der Waals surface area contributed by atoms with Crippen molar-refractivity contribution in [3.05, 3.63) is 0 Å². The third-order valence-corrected chi connectivity index (χ3v) is 0.744. The van der Waals surface area contributed by atoms with Crippen molar-refractivity contribution < 1.29 is 14.9 Å². The normalized spacial score (nSPS) is 12.0. The van der Waals surface area contributed by atoms with Crippen LogP contribution in [0.4, 0.5) is 0 Å². The van der Waals surface area contributed by atoms with Crippen molar-refractivity contribution in [3.63, 3.8) is 0 Å². The topological polar surface area (TPSA) is 55.3 Å². The Kier molecular flexibility index (Phi) is 2.22. The van der Waals surface area contributed by atoms with Gasteiger partial charge in [-0.15, -0.1) is 0 Å². The van der Waals surface area contributed by atoms with Gasteiger partial charge in [-0.25, -0.2) is 0 Å². The fourth-order valence-electron chi connectivity index (χ4n) is 0.144. The predicted octanol–water partition coefficient (Wildman–Crippen LogP) is -1.58. The summed E-state index contributed by atoms with van der Waals surface area (Å²) in [6.07, 6.45) is -0.0382. The number of hydrogen-bond acceptors (Lipinski definition) is 3. The summed E-state index contributed by atoms with van der Waals surface area (Å²) in [5.74, 6) is -2.42. The van der Waals surface area contributed by atoms with Crippen LogP contribution in [-0.2, 0) is 4.74 Å². The molecule has 0 bridgehead atoms. The molecule has 0 saturated heterocycles. The third kappa shape index (κ3) is 2.56.